The van der Waals surface area contributed by atoms with Crippen molar-refractivity contribution in [3.05, 3.63) is 34.9 Å². The number of carbonyl (C=O) groups is 2. The van der Waals surface area contributed by atoms with Crippen LogP contribution in [-0.4, -0.2) is 23.9 Å². The molecular weight excluding hydrogens is 300 g/mol. The molecule has 0 fully saturated rings. The molecule has 4 nitrogen and oxygen atoms in total. The molecule has 0 aliphatic carbocycles. The topological polar surface area (TPSA) is 58.2 Å². The number of benzene rings is 1. The molecule has 0 spiro atoms. The van der Waals surface area contributed by atoms with Crippen molar-refractivity contribution in [2.75, 3.05) is 6.54 Å². The lowest BCUT2D eigenvalue weighted by Gasteiger charge is -2.27. The summed E-state index contributed by atoms with van der Waals surface area (Å²) in [5.74, 6) is 2.24. The van der Waals surface area contributed by atoms with Crippen LogP contribution >= 0.6 is 11.6 Å². The Bertz CT molecular complexity index is 557. The van der Waals surface area contributed by atoms with E-state index in [0.717, 1.165) is 0 Å². The fourth-order valence-electron chi connectivity index (χ4n) is 1.99. The Balaban J connectivity index is 2.44. The molecule has 1 rings (SSSR count). The SMILES string of the molecule is C#CC(CC)(CC)NC(=O)CCNC(=O)c1ccc(Cl)cc1. The van der Waals surface area contributed by atoms with Crippen LogP contribution in [0.5, 0.6) is 0 Å². The molecule has 0 bridgehead atoms. The summed E-state index contributed by atoms with van der Waals surface area (Å²) in [4.78, 5) is 23.8. The van der Waals surface area contributed by atoms with Gasteiger partial charge in [0.25, 0.3) is 5.91 Å². The summed E-state index contributed by atoms with van der Waals surface area (Å²) in [6, 6.07) is 6.56. The fraction of sp³-hybridized carbons (Fsp3) is 0.412. The highest BCUT2D eigenvalue weighted by molar-refractivity contribution is 6.30. The second-order valence-corrected chi connectivity index (χ2v) is 5.43. The Hall–Kier alpha value is -1.99. The lowest BCUT2D eigenvalue weighted by molar-refractivity contribution is -0.122. The highest BCUT2D eigenvalue weighted by atomic mass is 35.5. The van der Waals surface area contributed by atoms with Crippen molar-refractivity contribution in [2.45, 2.75) is 38.6 Å². The number of amides is 2. The van der Waals surface area contributed by atoms with Crippen LogP contribution in [0.15, 0.2) is 24.3 Å². The molecule has 0 unspecified atom stereocenters. The molecule has 0 aromatic heterocycles. The van der Waals surface area contributed by atoms with E-state index in [1.807, 2.05) is 13.8 Å². The van der Waals surface area contributed by atoms with E-state index in [2.05, 4.69) is 16.6 Å². The minimum atomic E-state index is -0.600. The second kappa shape index (κ2) is 8.45. The van der Waals surface area contributed by atoms with Crippen LogP contribution in [0.2, 0.25) is 5.02 Å². The minimum Gasteiger partial charge on any atom is -0.352 e. The highest BCUT2D eigenvalue weighted by Gasteiger charge is 2.24. The lowest BCUT2D eigenvalue weighted by atomic mass is 9.94. The van der Waals surface area contributed by atoms with E-state index in [1.54, 1.807) is 24.3 Å². The molecule has 0 aliphatic rings. The smallest absolute Gasteiger partial charge is 0.251 e. The third kappa shape index (κ3) is 5.09. The monoisotopic (exact) mass is 320 g/mol. The minimum absolute atomic E-state index is 0.168. The van der Waals surface area contributed by atoms with Gasteiger partial charge in [0, 0.05) is 23.6 Å². The summed E-state index contributed by atoms with van der Waals surface area (Å²) >= 11 is 5.76. The summed E-state index contributed by atoms with van der Waals surface area (Å²) in [5, 5.41) is 6.12. The van der Waals surface area contributed by atoms with Gasteiger partial charge in [-0.25, -0.2) is 0 Å². The maximum Gasteiger partial charge on any atom is 0.251 e. The largest absolute Gasteiger partial charge is 0.352 e. The molecule has 0 atom stereocenters. The first-order chi connectivity index (χ1) is 10.5. The maximum atomic E-state index is 11.9. The Labute approximate surface area is 136 Å². The Morgan fingerprint density at radius 3 is 2.32 bits per heavy atom. The average Bonchev–Trinajstić information content (AvgIpc) is 2.53. The first-order valence-corrected chi connectivity index (χ1v) is 7.66. The molecule has 1 aromatic rings. The van der Waals surface area contributed by atoms with Gasteiger partial charge < -0.3 is 10.6 Å². The number of rotatable bonds is 7. The van der Waals surface area contributed by atoms with Gasteiger partial charge in [-0.2, -0.15) is 0 Å². The molecule has 0 radical (unpaired) electrons. The van der Waals surface area contributed by atoms with Gasteiger partial charge in [-0.05, 0) is 37.1 Å². The van der Waals surface area contributed by atoms with Crippen LogP contribution in [0.4, 0.5) is 0 Å². The van der Waals surface area contributed by atoms with Crippen LogP contribution in [0, 0.1) is 12.3 Å². The van der Waals surface area contributed by atoms with Crippen LogP contribution in [0.3, 0.4) is 0 Å². The molecular formula is C17H21ClN2O2. The van der Waals surface area contributed by atoms with Gasteiger partial charge in [-0.1, -0.05) is 31.4 Å². The first-order valence-electron chi connectivity index (χ1n) is 7.29. The number of hydrogen-bond acceptors (Lipinski definition) is 2. The Morgan fingerprint density at radius 2 is 1.82 bits per heavy atom. The second-order valence-electron chi connectivity index (χ2n) is 4.99. The van der Waals surface area contributed by atoms with E-state index in [4.69, 9.17) is 18.0 Å². The van der Waals surface area contributed by atoms with Crippen molar-refractivity contribution in [1.29, 1.82) is 0 Å². The standard InChI is InChI=1S/C17H21ClN2O2/c1-4-17(5-2,6-3)20-15(21)11-12-19-16(22)13-7-9-14(18)10-8-13/h1,7-10H,5-6,11-12H2,2-3H3,(H,19,22)(H,20,21). The zero-order valence-electron chi connectivity index (χ0n) is 12.9. The third-order valence-electron chi connectivity index (χ3n) is 3.61. The van der Waals surface area contributed by atoms with E-state index in [0.29, 0.717) is 23.4 Å². The third-order valence-corrected chi connectivity index (χ3v) is 3.86. The molecule has 2 amide bonds. The highest BCUT2D eigenvalue weighted by Crippen LogP contribution is 2.13. The molecule has 0 saturated carbocycles. The Morgan fingerprint density at radius 1 is 1.23 bits per heavy atom. The predicted molar refractivity (Wildman–Crippen MR) is 88.7 cm³/mol. The molecule has 2 N–H and O–H groups in total. The summed E-state index contributed by atoms with van der Waals surface area (Å²) in [6.45, 7) is 4.12. The van der Waals surface area contributed by atoms with Crippen molar-refractivity contribution >= 4 is 23.4 Å². The zero-order valence-corrected chi connectivity index (χ0v) is 13.7. The van der Waals surface area contributed by atoms with Crippen molar-refractivity contribution in [3.8, 4) is 12.3 Å². The lowest BCUT2D eigenvalue weighted by Crippen LogP contribution is -2.47. The first kappa shape index (κ1) is 18.1. The van der Waals surface area contributed by atoms with Gasteiger partial charge in [0.2, 0.25) is 5.91 Å². The number of terminal acetylenes is 1. The van der Waals surface area contributed by atoms with Gasteiger partial charge in [0.1, 0.15) is 5.54 Å². The predicted octanol–water partition coefficient (Wildman–Crippen LogP) is 2.77. The fourth-order valence-corrected chi connectivity index (χ4v) is 2.12. The number of carbonyl (C=O) groups excluding carboxylic acids is 2. The zero-order chi connectivity index (χ0) is 16.6. The van der Waals surface area contributed by atoms with Gasteiger partial charge in [-0.3, -0.25) is 9.59 Å². The van der Waals surface area contributed by atoms with E-state index >= 15 is 0 Å². The summed E-state index contributed by atoms with van der Waals surface area (Å²) in [6.07, 6.45) is 7.02. The average molecular weight is 321 g/mol. The molecule has 0 aliphatic heterocycles. The Kier molecular flexibility index (Phi) is 6.94. The molecule has 1 aromatic carbocycles. The van der Waals surface area contributed by atoms with Crippen LogP contribution in [0.25, 0.3) is 0 Å². The van der Waals surface area contributed by atoms with Crippen LogP contribution < -0.4 is 10.6 Å². The van der Waals surface area contributed by atoms with Gasteiger partial charge in [0.15, 0.2) is 0 Å². The number of hydrogen-bond donors (Lipinski definition) is 2. The number of halogens is 1. The van der Waals surface area contributed by atoms with Gasteiger partial charge >= 0.3 is 0 Å². The van der Waals surface area contributed by atoms with Crippen LogP contribution in [0.1, 0.15) is 43.5 Å². The summed E-state index contributed by atoms with van der Waals surface area (Å²) in [7, 11) is 0. The van der Waals surface area contributed by atoms with Crippen molar-refractivity contribution in [1.82, 2.24) is 10.6 Å². The molecule has 5 heteroatoms. The van der Waals surface area contributed by atoms with E-state index in [-0.39, 0.29) is 24.8 Å². The maximum absolute atomic E-state index is 11.9. The molecule has 0 heterocycles. The van der Waals surface area contributed by atoms with Crippen LogP contribution in [-0.2, 0) is 4.79 Å². The van der Waals surface area contributed by atoms with E-state index < -0.39 is 5.54 Å². The molecule has 118 valence electrons. The van der Waals surface area contributed by atoms with Gasteiger partial charge in [-0.15, -0.1) is 6.42 Å². The van der Waals surface area contributed by atoms with Gasteiger partial charge in [0.05, 0.1) is 0 Å². The normalized spacial score (nSPS) is 10.6. The van der Waals surface area contributed by atoms with E-state index in [1.165, 1.54) is 0 Å². The van der Waals surface area contributed by atoms with Crippen molar-refractivity contribution in [2.24, 2.45) is 0 Å². The van der Waals surface area contributed by atoms with Crippen molar-refractivity contribution in [3.63, 3.8) is 0 Å². The molecule has 22 heavy (non-hydrogen) atoms. The van der Waals surface area contributed by atoms with Crippen molar-refractivity contribution < 1.29 is 9.59 Å². The quantitative estimate of drug-likeness (QED) is 0.759. The summed E-state index contributed by atoms with van der Waals surface area (Å²) < 4.78 is 0. The number of nitrogens with one attached hydrogen (secondary N) is 2. The summed E-state index contributed by atoms with van der Waals surface area (Å²) in [5.41, 5.74) is -0.0954. The van der Waals surface area contributed by atoms with E-state index in [9.17, 15) is 9.59 Å². The molecule has 0 saturated heterocycles.